The molecule has 214 valence electrons. The summed E-state index contributed by atoms with van der Waals surface area (Å²) < 4.78 is 45.1. The number of aromatic nitrogens is 1. The van der Waals surface area contributed by atoms with E-state index in [0.29, 0.717) is 35.5 Å². The SMILES string of the molecule is CCCSN1CCNCC1CCc1c(F)cncc1NC(=O)CC(c1ccc(Cl)cc1)C1CCC(F)(F)CC1. The maximum absolute atomic E-state index is 15.0. The minimum atomic E-state index is -2.65. The van der Waals surface area contributed by atoms with Crippen LogP contribution in [0.1, 0.15) is 68.9 Å². The van der Waals surface area contributed by atoms with Crippen molar-refractivity contribution in [3.05, 3.63) is 58.6 Å². The van der Waals surface area contributed by atoms with Crippen LogP contribution in [-0.4, -0.2) is 52.5 Å². The molecule has 2 aromatic rings. The van der Waals surface area contributed by atoms with Crippen LogP contribution >= 0.6 is 23.5 Å². The van der Waals surface area contributed by atoms with E-state index in [9.17, 15) is 18.0 Å². The van der Waals surface area contributed by atoms with Gasteiger partial charge in [0.2, 0.25) is 11.8 Å². The summed E-state index contributed by atoms with van der Waals surface area (Å²) in [7, 11) is 0. The van der Waals surface area contributed by atoms with Crippen LogP contribution in [0.25, 0.3) is 0 Å². The molecule has 10 heteroatoms. The van der Waals surface area contributed by atoms with Crippen molar-refractivity contribution in [2.24, 2.45) is 5.92 Å². The van der Waals surface area contributed by atoms with E-state index in [0.717, 1.165) is 43.8 Å². The van der Waals surface area contributed by atoms with Gasteiger partial charge in [-0.25, -0.2) is 17.5 Å². The lowest BCUT2D eigenvalue weighted by Gasteiger charge is -2.35. The number of rotatable bonds is 11. The molecule has 1 aliphatic carbocycles. The summed E-state index contributed by atoms with van der Waals surface area (Å²) in [5.74, 6) is -2.60. The topological polar surface area (TPSA) is 57.3 Å². The van der Waals surface area contributed by atoms with E-state index in [1.807, 2.05) is 24.1 Å². The van der Waals surface area contributed by atoms with Crippen molar-refractivity contribution in [2.45, 2.75) is 76.2 Å². The van der Waals surface area contributed by atoms with Crippen LogP contribution in [0.4, 0.5) is 18.9 Å². The molecule has 0 spiro atoms. The van der Waals surface area contributed by atoms with E-state index < -0.39 is 11.7 Å². The van der Waals surface area contributed by atoms with Crippen molar-refractivity contribution >= 4 is 35.1 Å². The lowest BCUT2D eigenvalue weighted by atomic mass is 9.74. The van der Waals surface area contributed by atoms with Crippen LogP contribution < -0.4 is 10.6 Å². The van der Waals surface area contributed by atoms with Gasteiger partial charge in [0.15, 0.2) is 0 Å². The van der Waals surface area contributed by atoms with E-state index in [1.165, 1.54) is 12.4 Å². The molecular weight excluding hydrogens is 545 g/mol. The zero-order valence-corrected chi connectivity index (χ0v) is 24.0. The number of amides is 1. The van der Waals surface area contributed by atoms with E-state index in [2.05, 4.69) is 26.8 Å². The Balaban J connectivity index is 1.45. The minimum Gasteiger partial charge on any atom is -0.324 e. The van der Waals surface area contributed by atoms with Gasteiger partial charge < -0.3 is 10.6 Å². The first-order valence-corrected chi connectivity index (χ1v) is 15.2. The molecule has 2 fully saturated rings. The fraction of sp³-hybridized carbons (Fsp3) is 0.586. The van der Waals surface area contributed by atoms with Crippen molar-refractivity contribution in [2.75, 3.05) is 30.7 Å². The molecule has 1 aromatic heterocycles. The molecule has 2 unspecified atom stereocenters. The molecule has 4 rings (SSSR count). The summed E-state index contributed by atoms with van der Waals surface area (Å²) in [5, 5.41) is 6.91. The molecule has 1 aliphatic heterocycles. The minimum absolute atomic E-state index is 0.0490. The molecule has 2 atom stereocenters. The zero-order valence-electron chi connectivity index (χ0n) is 22.4. The molecule has 2 aliphatic rings. The molecule has 0 bridgehead atoms. The average molecular weight is 583 g/mol. The maximum Gasteiger partial charge on any atom is 0.248 e. The Kier molecular flexibility index (Phi) is 11.0. The van der Waals surface area contributed by atoms with Gasteiger partial charge in [-0.1, -0.05) is 42.6 Å². The van der Waals surface area contributed by atoms with Crippen LogP contribution in [0.5, 0.6) is 0 Å². The molecule has 0 radical (unpaired) electrons. The molecule has 5 nitrogen and oxygen atoms in total. The second kappa shape index (κ2) is 14.2. The van der Waals surface area contributed by atoms with Gasteiger partial charge in [-0.3, -0.25) is 9.78 Å². The average Bonchev–Trinajstić information content (AvgIpc) is 2.91. The number of carbonyl (C=O) groups excluding carboxylic acids is 1. The first kappa shape index (κ1) is 30.2. The molecule has 39 heavy (non-hydrogen) atoms. The lowest BCUT2D eigenvalue weighted by Crippen LogP contribution is -2.48. The summed E-state index contributed by atoms with van der Waals surface area (Å²) in [5.41, 5.74) is 1.73. The van der Waals surface area contributed by atoms with Crippen molar-refractivity contribution in [3.63, 3.8) is 0 Å². The highest BCUT2D eigenvalue weighted by molar-refractivity contribution is 7.97. The van der Waals surface area contributed by atoms with Crippen LogP contribution in [-0.2, 0) is 11.2 Å². The Morgan fingerprint density at radius 3 is 2.72 bits per heavy atom. The van der Waals surface area contributed by atoms with E-state index in [4.69, 9.17) is 11.6 Å². The molecule has 2 N–H and O–H groups in total. The van der Waals surface area contributed by atoms with Crippen molar-refractivity contribution in [1.82, 2.24) is 14.6 Å². The summed E-state index contributed by atoms with van der Waals surface area (Å²) in [6.45, 7) is 4.88. The third kappa shape index (κ3) is 8.59. The van der Waals surface area contributed by atoms with Gasteiger partial charge in [-0.15, -0.1) is 0 Å². The smallest absolute Gasteiger partial charge is 0.248 e. The predicted molar refractivity (Wildman–Crippen MR) is 153 cm³/mol. The molecule has 1 saturated carbocycles. The number of halogens is 4. The molecule has 1 saturated heterocycles. The summed E-state index contributed by atoms with van der Waals surface area (Å²) in [6.07, 6.45) is 5.46. The van der Waals surface area contributed by atoms with Crippen molar-refractivity contribution in [1.29, 1.82) is 0 Å². The highest BCUT2D eigenvalue weighted by atomic mass is 35.5. The van der Waals surface area contributed by atoms with E-state index >= 15 is 0 Å². The van der Waals surface area contributed by atoms with Crippen molar-refractivity contribution < 1.29 is 18.0 Å². The molecule has 1 aromatic carbocycles. The number of piperazine rings is 1. The second-order valence-corrected chi connectivity index (χ2v) is 12.2. The second-order valence-electron chi connectivity index (χ2n) is 10.6. The first-order valence-electron chi connectivity index (χ1n) is 13.9. The monoisotopic (exact) mass is 582 g/mol. The van der Waals surface area contributed by atoms with Gasteiger partial charge >= 0.3 is 0 Å². The zero-order chi connectivity index (χ0) is 27.8. The molecular formula is C29H38ClF3N4OS. The Hall–Kier alpha value is -1.81. The quantitative estimate of drug-likeness (QED) is 0.277. The highest BCUT2D eigenvalue weighted by Crippen LogP contribution is 2.44. The van der Waals surface area contributed by atoms with E-state index in [-0.39, 0.29) is 43.0 Å². The van der Waals surface area contributed by atoms with Crippen LogP contribution in [0.15, 0.2) is 36.7 Å². The summed E-state index contributed by atoms with van der Waals surface area (Å²) >= 11 is 7.92. The van der Waals surface area contributed by atoms with Crippen LogP contribution in [0.2, 0.25) is 5.02 Å². The molecule has 1 amide bonds. The number of nitrogens with one attached hydrogen (secondary N) is 2. The molecule has 2 heterocycles. The number of carbonyl (C=O) groups is 1. The lowest BCUT2D eigenvalue weighted by molar-refractivity contribution is -0.117. The Bertz CT molecular complexity index is 1080. The Morgan fingerprint density at radius 2 is 2.00 bits per heavy atom. The number of alkyl halides is 2. The Labute approximate surface area is 238 Å². The van der Waals surface area contributed by atoms with Gasteiger partial charge in [-0.2, -0.15) is 0 Å². The number of pyridine rings is 1. The van der Waals surface area contributed by atoms with Gasteiger partial charge in [-0.05, 0) is 61.6 Å². The van der Waals surface area contributed by atoms with E-state index in [1.54, 1.807) is 12.1 Å². The third-order valence-corrected chi connectivity index (χ3v) is 9.45. The standard InChI is InChI=1S/C29H38ClF3N4OS/c1-2-15-39-37-14-13-34-17-23(37)7-8-24-26(31)18-35-19-27(24)36-28(38)16-25(20-3-5-22(30)6-4-20)21-9-11-29(32,33)12-10-21/h3-6,18-19,21,23,25,34H,2,7-17H2,1H3,(H,36,38). The first-order chi connectivity index (χ1) is 18.8. The normalized spacial score (nSPS) is 21.0. The largest absolute Gasteiger partial charge is 0.324 e. The number of benzene rings is 1. The van der Waals surface area contributed by atoms with Gasteiger partial charge in [0.05, 0.1) is 18.1 Å². The van der Waals surface area contributed by atoms with Gasteiger partial charge in [0, 0.05) is 61.3 Å². The van der Waals surface area contributed by atoms with Gasteiger partial charge in [0.25, 0.3) is 0 Å². The number of hydrogen-bond acceptors (Lipinski definition) is 5. The number of anilines is 1. The predicted octanol–water partition coefficient (Wildman–Crippen LogP) is 7.08. The van der Waals surface area contributed by atoms with Gasteiger partial charge in [0.1, 0.15) is 5.82 Å². The van der Waals surface area contributed by atoms with Crippen LogP contribution in [0.3, 0.4) is 0 Å². The summed E-state index contributed by atoms with van der Waals surface area (Å²) in [6, 6.07) is 7.52. The summed E-state index contributed by atoms with van der Waals surface area (Å²) in [4.78, 5) is 17.3. The fourth-order valence-electron chi connectivity index (χ4n) is 5.63. The number of hydrogen-bond donors (Lipinski definition) is 2. The van der Waals surface area contributed by atoms with Crippen molar-refractivity contribution in [3.8, 4) is 0 Å². The maximum atomic E-state index is 15.0. The number of nitrogens with zero attached hydrogens (tertiary/aromatic N) is 2. The van der Waals surface area contributed by atoms with Crippen LogP contribution in [0, 0.1) is 11.7 Å². The third-order valence-electron chi connectivity index (χ3n) is 7.80. The fourth-order valence-corrected chi connectivity index (χ4v) is 6.79. The Morgan fingerprint density at radius 1 is 1.26 bits per heavy atom. The highest BCUT2D eigenvalue weighted by Gasteiger charge is 2.38.